The van der Waals surface area contributed by atoms with Crippen LogP contribution < -0.4 is 5.32 Å². The number of benzene rings is 1. The van der Waals surface area contributed by atoms with Crippen molar-refractivity contribution in [3.05, 3.63) is 46.3 Å². The van der Waals surface area contributed by atoms with Gasteiger partial charge in [-0.05, 0) is 38.1 Å². The Labute approximate surface area is 123 Å². The van der Waals surface area contributed by atoms with E-state index in [1.54, 1.807) is 26.0 Å². The van der Waals surface area contributed by atoms with Crippen LogP contribution in [0.5, 0.6) is 0 Å². The minimum absolute atomic E-state index is 0.354. The molecule has 1 aromatic carbocycles. The van der Waals surface area contributed by atoms with Crippen molar-refractivity contribution in [3.63, 3.8) is 0 Å². The van der Waals surface area contributed by atoms with Crippen LogP contribution in [0.2, 0.25) is 0 Å². The first-order valence-electron chi connectivity index (χ1n) is 6.21. The summed E-state index contributed by atoms with van der Waals surface area (Å²) in [5.41, 5.74) is 1.63. The van der Waals surface area contributed by atoms with Gasteiger partial charge in [0.25, 0.3) is 5.91 Å². The number of aromatic nitrogens is 3. The Morgan fingerprint density at radius 3 is 2.76 bits per heavy atom. The number of carbonyl (C=O) groups is 1. The summed E-state index contributed by atoms with van der Waals surface area (Å²) < 4.78 is 13.4. The molecule has 21 heavy (non-hydrogen) atoms. The highest BCUT2D eigenvalue weighted by atomic mass is 32.1. The largest absolute Gasteiger partial charge is 0.296 e. The number of hydrogen-bond donors (Lipinski definition) is 1. The molecule has 0 aliphatic rings. The van der Waals surface area contributed by atoms with Gasteiger partial charge in [0.1, 0.15) is 10.8 Å². The molecule has 0 aliphatic heterocycles. The molecular weight excluding hydrogens is 291 g/mol. The van der Waals surface area contributed by atoms with Gasteiger partial charge in [-0.25, -0.2) is 4.39 Å². The van der Waals surface area contributed by atoms with Gasteiger partial charge in [0.15, 0.2) is 0 Å². The molecule has 0 saturated carbocycles. The Balaban J connectivity index is 2.06. The lowest BCUT2D eigenvalue weighted by molar-refractivity contribution is 0.102. The van der Waals surface area contributed by atoms with Crippen molar-refractivity contribution in [3.8, 4) is 0 Å². The van der Waals surface area contributed by atoms with Crippen LogP contribution in [0.1, 0.15) is 21.1 Å². The highest BCUT2D eigenvalue weighted by molar-refractivity contribution is 7.15. The highest BCUT2D eigenvalue weighted by Crippen LogP contribution is 2.22. The van der Waals surface area contributed by atoms with E-state index in [2.05, 4.69) is 20.5 Å². The van der Waals surface area contributed by atoms with Crippen LogP contribution >= 0.6 is 11.3 Å². The maximum absolute atomic E-state index is 13.4. The standard InChI is InChI=1S/C14H11FN4OS/c1-7-5-11(10-6-9(15)3-4-12(10)16-7)13(20)17-14-19-18-8(2)21-14/h3-6H,1-2H3,(H,17,19,20). The van der Waals surface area contributed by atoms with Crippen LogP contribution in [-0.2, 0) is 0 Å². The summed E-state index contributed by atoms with van der Waals surface area (Å²) in [6.07, 6.45) is 0. The second kappa shape index (κ2) is 5.17. The molecule has 0 fully saturated rings. The fraction of sp³-hybridized carbons (Fsp3) is 0.143. The SMILES string of the molecule is Cc1cc(C(=O)Nc2nnc(C)s2)c2cc(F)ccc2n1. The van der Waals surface area contributed by atoms with Crippen molar-refractivity contribution in [2.24, 2.45) is 0 Å². The number of hydrogen-bond acceptors (Lipinski definition) is 5. The normalized spacial score (nSPS) is 10.8. The van der Waals surface area contributed by atoms with E-state index >= 15 is 0 Å². The summed E-state index contributed by atoms with van der Waals surface area (Å²) in [5.74, 6) is -0.763. The Morgan fingerprint density at radius 1 is 1.24 bits per heavy atom. The second-order valence-electron chi connectivity index (χ2n) is 4.55. The smallest absolute Gasteiger partial charge is 0.258 e. The molecule has 0 bridgehead atoms. The number of fused-ring (bicyclic) bond motifs is 1. The number of halogens is 1. The van der Waals surface area contributed by atoms with Gasteiger partial charge in [0.2, 0.25) is 5.13 Å². The van der Waals surface area contributed by atoms with E-state index in [0.717, 1.165) is 5.01 Å². The molecule has 1 N–H and O–H groups in total. The second-order valence-corrected chi connectivity index (χ2v) is 5.73. The lowest BCUT2D eigenvalue weighted by atomic mass is 10.1. The fourth-order valence-electron chi connectivity index (χ4n) is 2.03. The number of aryl methyl sites for hydroxylation is 2. The van der Waals surface area contributed by atoms with E-state index in [1.807, 2.05) is 0 Å². The van der Waals surface area contributed by atoms with Crippen LogP contribution in [0.25, 0.3) is 10.9 Å². The van der Waals surface area contributed by atoms with Crippen molar-refractivity contribution in [2.45, 2.75) is 13.8 Å². The zero-order valence-corrected chi connectivity index (χ0v) is 12.2. The summed E-state index contributed by atoms with van der Waals surface area (Å²) in [6, 6.07) is 5.82. The molecule has 2 heterocycles. The summed E-state index contributed by atoms with van der Waals surface area (Å²) in [4.78, 5) is 16.7. The molecule has 0 unspecified atom stereocenters. The van der Waals surface area contributed by atoms with Gasteiger partial charge in [-0.1, -0.05) is 11.3 Å². The average molecular weight is 302 g/mol. The molecule has 0 aliphatic carbocycles. The predicted molar refractivity (Wildman–Crippen MR) is 79.0 cm³/mol. The van der Waals surface area contributed by atoms with Crippen molar-refractivity contribution >= 4 is 33.3 Å². The Hall–Kier alpha value is -2.41. The third kappa shape index (κ3) is 2.73. The van der Waals surface area contributed by atoms with Gasteiger partial charge < -0.3 is 0 Å². The Bertz CT molecular complexity index is 846. The van der Waals surface area contributed by atoms with Crippen molar-refractivity contribution in [1.82, 2.24) is 15.2 Å². The predicted octanol–water partition coefficient (Wildman–Crippen LogP) is 3.09. The number of nitrogens with one attached hydrogen (secondary N) is 1. The number of amides is 1. The van der Waals surface area contributed by atoms with Gasteiger partial charge in [-0.2, -0.15) is 0 Å². The van der Waals surface area contributed by atoms with Crippen LogP contribution in [-0.4, -0.2) is 21.1 Å². The van der Waals surface area contributed by atoms with Gasteiger partial charge >= 0.3 is 0 Å². The Kier molecular flexibility index (Phi) is 3.34. The number of pyridine rings is 1. The minimum Gasteiger partial charge on any atom is -0.296 e. The molecule has 7 heteroatoms. The van der Waals surface area contributed by atoms with Gasteiger partial charge in [-0.3, -0.25) is 15.1 Å². The Morgan fingerprint density at radius 2 is 2.05 bits per heavy atom. The van der Waals surface area contributed by atoms with Crippen LogP contribution in [0.4, 0.5) is 9.52 Å². The van der Waals surface area contributed by atoms with Crippen molar-refractivity contribution in [1.29, 1.82) is 0 Å². The maximum Gasteiger partial charge on any atom is 0.258 e. The van der Waals surface area contributed by atoms with Gasteiger partial charge in [0, 0.05) is 11.1 Å². The minimum atomic E-state index is -0.408. The van der Waals surface area contributed by atoms with Crippen molar-refractivity contribution in [2.75, 3.05) is 5.32 Å². The van der Waals surface area contributed by atoms with E-state index in [4.69, 9.17) is 0 Å². The third-order valence-corrected chi connectivity index (χ3v) is 3.64. The highest BCUT2D eigenvalue weighted by Gasteiger charge is 2.14. The average Bonchev–Trinajstić information content (AvgIpc) is 2.83. The molecule has 3 aromatic rings. The molecule has 1 amide bonds. The van der Waals surface area contributed by atoms with Crippen LogP contribution in [0, 0.1) is 19.7 Å². The first-order chi connectivity index (χ1) is 10.0. The lowest BCUT2D eigenvalue weighted by Crippen LogP contribution is -2.13. The molecule has 2 aromatic heterocycles. The van der Waals surface area contributed by atoms with Crippen LogP contribution in [0.15, 0.2) is 24.3 Å². The number of carbonyl (C=O) groups excluding carboxylic acids is 1. The number of rotatable bonds is 2. The molecule has 0 atom stereocenters. The zero-order valence-electron chi connectivity index (χ0n) is 11.3. The maximum atomic E-state index is 13.4. The summed E-state index contributed by atoms with van der Waals surface area (Å²) in [7, 11) is 0. The van der Waals surface area contributed by atoms with E-state index in [1.165, 1.54) is 23.5 Å². The summed E-state index contributed by atoms with van der Waals surface area (Å²) in [6.45, 7) is 3.59. The van der Waals surface area contributed by atoms with Gasteiger partial charge in [0.05, 0.1) is 11.1 Å². The first-order valence-corrected chi connectivity index (χ1v) is 7.03. The number of anilines is 1. The molecular formula is C14H11FN4OS. The van der Waals surface area contributed by atoms with Crippen LogP contribution in [0.3, 0.4) is 0 Å². The van der Waals surface area contributed by atoms with E-state index < -0.39 is 5.82 Å². The first kappa shape index (κ1) is 13.6. The molecule has 0 saturated heterocycles. The monoisotopic (exact) mass is 302 g/mol. The molecule has 5 nitrogen and oxygen atoms in total. The molecule has 3 rings (SSSR count). The molecule has 0 radical (unpaired) electrons. The summed E-state index contributed by atoms with van der Waals surface area (Å²) in [5, 5.41) is 12.0. The number of nitrogens with zero attached hydrogens (tertiary/aromatic N) is 3. The summed E-state index contributed by atoms with van der Waals surface area (Å²) >= 11 is 1.28. The quantitative estimate of drug-likeness (QED) is 0.790. The molecule has 0 spiro atoms. The van der Waals surface area contributed by atoms with Gasteiger partial charge in [-0.15, -0.1) is 10.2 Å². The van der Waals surface area contributed by atoms with Crippen molar-refractivity contribution < 1.29 is 9.18 Å². The lowest BCUT2D eigenvalue weighted by Gasteiger charge is -2.07. The fourth-order valence-corrected chi connectivity index (χ4v) is 2.62. The zero-order chi connectivity index (χ0) is 15.0. The van der Waals surface area contributed by atoms with E-state index in [9.17, 15) is 9.18 Å². The molecule has 106 valence electrons. The third-order valence-electron chi connectivity index (χ3n) is 2.89. The topological polar surface area (TPSA) is 67.8 Å². The van der Waals surface area contributed by atoms with E-state index in [-0.39, 0.29) is 5.91 Å². The van der Waals surface area contributed by atoms with E-state index in [0.29, 0.717) is 27.3 Å².